The van der Waals surface area contributed by atoms with Crippen molar-refractivity contribution >= 4 is 11.8 Å². The maximum Gasteiger partial charge on any atom is 0.251 e. The van der Waals surface area contributed by atoms with Gasteiger partial charge in [0.25, 0.3) is 5.91 Å². The molecule has 0 bridgehead atoms. The molecule has 2 aromatic rings. The summed E-state index contributed by atoms with van der Waals surface area (Å²) in [5.74, 6) is -0.808. The van der Waals surface area contributed by atoms with Crippen molar-refractivity contribution in [2.24, 2.45) is 5.92 Å². The van der Waals surface area contributed by atoms with Gasteiger partial charge in [-0.15, -0.1) is 0 Å². The van der Waals surface area contributed by atoms with Gasteiger partial charge in [0, 0.05) is 31.2 Å². The number of hydrogen-bond donors (Lipinski definition) is 2. The zero-order chi connectivity index (χ0) is 19.2. The van der Waals surface area contributed by atoms with E-state index >= 15 is 0 Å². The summed E-state index contributed by atoms with van der Waals surface area (Å²) in [5, 5.41) is 12.6. The summed E-state index contributed by atoms with van der Waals surface area (Å²) in [5.41, 5.74) is 1.16. The zero-order valence-electron chi connectivity index (χ0n) is 15.0. The molecule has 1 heterocycles. The Hall–Kier alpha value is -2.73. The number of carbonyl (C=O) groups excluding carboxylic acids is 2. The third-order valence-electron chi connectivity index (χ3n) is 4.94. The van der Waals surface area contributed by atoms with Crippen LogP contribution in [0.2, 0.25) is 0 Å². The highest BCUT2D eigenvalue weighted by atomic mass is 19.1. The van der Waals surface area contributed by atoms with Gasteiger partial charge in [-0.05, 0) is 36.2 Å². The van der Waals surface area contributed by atoms with Crippen LogP contribution in [0.1, 0.15) is 22.3 Å². The first kappa shape index (κ1) is 19.0. The molecule has 0 radical (unpaired) electrons. The fourth-order valence-corrected chi connectivity index (χ4v) is 3.38. The Morgan fingerprint density at radius 1 is 1.15 bits per heavy atom. The lowest BCUT2D eigenvalue weighted by Gasteiger charge is -2.38. The molecule has 0 saturated carbocycles. The Kier molecular flexibility index (Phi) is 6.19. The lowest BCUT2D eigenvalue weighted by Crippen LogP contribution is -2.55. The predicted molar refractivity (Wildman–Crippen MR) is 99.6 cm³/mol. The van der Waals surface area contributed by atoms with Crippen molar-refractivity contribution in [3.63, 3.8) is 0 Å². The number of likely N-dealkylation sites (tertiary alicyclic amines) is 1. The summed E-state index contributed by atoms with van der Waals surface area (Å²) in [7, 11) is 0. The molecule has 27 heavy (non-hydrogen) atoms. The smallest absolute Gasteiger partial charge is 0.251 e. The largest absolute Gasteiger partial charge is 0.396 e. The number of aliphatic hydroxyl groups excluding tert-OH is 1. The Labute approximate surface area is 157 Å². The molecule has 5 nitrogen and oxygen atoms in total. The Morgan fingerprint density at radius 2 is 1.93 bits per heavy atom. The number of hydrogen-bond acceptors (Lipinski definition) is 3. The third-order valence-corrected chi connectivity index (χ3v) is 4.94. The minimum atomic E-state index is -0.368. The van der Waals surface area contributed by atoms with Gasteiger partial charge in [-0.2, -0.15) is 0 Å². The monoisotopic (exact) mass is 370 g/mol. The minimum absolute atomic E-state index is 0.0499. The van der Waals surface area contributed by atoms with E-state index in [1.54, 1.807) is 41.3 Å². The summed E-state index contributed by atoms with van der Waals surface area (Å²) >= 11 is 0. The van der Waals surface area contributed by atoms with Gasteiger partial charge in [-0.1, -0.05) is 30.3 Å². The van der Waals surface area contributed by atoms with Crippen molar-refractivity contribution < 1.29 is 19.1 Å². The Bertz CT molecular complexity index is 797. The first-order valence-corrected chi connectivity index (χ1v) is 9.06. The molecule has 0 unspecified atom stereocenters. The summed E-state index contributed by atoms with van der Waals surface area (Å²) in [4.78, 5) is 26.7. The van der Waals surface area contributed by atoms with Crippen molar-refractivity contribution in [2.45, 2.75) is 18.9 Å². The number of carbonyl (C=O) groups is 2. The van der Waals surface area contributed by atoms with Crippen molar-refractivity contribution in [3.8, 4) is 0 Å². The predicted octanol–water partition coefficient (Wildman–Crippen LogP) is 2.01. The van der Waals surface area contributed by atoms with Gasteiger partial charge in [0.2, 0.25) is 5.91 Å². The molecule has 2 aromatic carbocycles. The van der Waals surface area contributed by atoms with Crippen LogP contribution in [0.5, 0.6) is 0 Å². The molecule has 3 rings (SSSR count). The number of rotatable bonds is 5. The summed E-state index contributed by atoms with van der Waals surface area (Å²) in [6.45, 7) is 0.792. The Balaban J connectivity index is 1.65. The fourth-order valence-electron chi connectivity index (χ4n) is 3.38. The number of amides is 2. The molecule has 2 atom stereocenters. The highest BCUT2D eigenvalue weighted by Gasteiger charge is 2.32. The summed E-state index contributed by atoms with van der Waals surface area (Å²) in [6.07, 6.45) is 0.714. The molecular weight excluding hydrogens is 347 g/mol. The standard InChI is InChI=1S/C21H23FN2O3/c22-18-8-4-5-15(11-18)12-20(26)24-10-9-17(14-25)19(13-24)23-21(27)16-6-2-1-3-7-16/h1-8,11,17,19,25H,9-10,12-14H2,(H,23,27)/t17-,19-/m1/s1. The van der Waals surface area contributed by atoms with Crippen LogP contribution >= 0.6 is 0 Å². The normalized spacial score (nSPS) is 19.6. The number of halogens is 1. The minimum Gasteiger partial charge on any atom is -0.396 e. The van der Waals surface area contributed by atoms with Crippen LogP contribution in [-0.4, -0.2) is 47.6 Å². The highest BCUT2D eigenvalue weighted by molar-refractivity contribution is 5.94. The summed E-state index contributed by atoms with van der Waals surface area (Å²) in [6, 6.07) is 14.5. The van der Waals surface area contributed by atoms with Gasteiger partial charge in [-0.25, -0.2) is 4.39 Å². The van der Waals surface area contributed by atoms with Gasteiger partial charge in [-0.3, -0.25) is 9.59 Å². The molecule has 0 aromatic heterocycles. The molecule has 1 aliphatic rings. The highest BCUT2D eigenvalue weighted by Crippen LogP contribution is 2.19. The molecule has 1 aliphatic heterocycles. The van der Waals surface area contributed by atoms with Crippen molar-refractivity contribution in [1.29, 1.82) is 0 Å². The summed E-state index contributed by atoms with van der Waals surface area (Å²) < 4.78 is 13.3. The van der Waals surface area contributed by atoms with E-state index in [-0.39, 0.29) is 42.6 Å². The number of nitrogens with one attached hydrogen (secondary N) is 1. The third kappa shape index (κ3) is 4.92. The average Bonchev–Trinajstić information content (AvgIpc) is 2.68. The van der Waals surface area contributed by atoms with Gasteiger partial charge in [0.1, 0.15) is 5.82 Å². The number of aliphatic hydroxyl groups is 1. The molecule has 2 amide bonds. The maximum atomic E-state index is 13.3. The lowest BCUT2D eigenvalue weighted by molar-refractivity contribution is -0.132. The van der Waals surface area contributed by atoms with Gasteiger partial charge in [0.15, 0.2) is 0 Å². The molecule has 142 valence electrons. The maximum absolute atomic E-state index is 13.3. The lowest BCUT2D eigenvalue weighted by atomic mass is 9.91. The van der Waals surface area contributed by atoms with Gasteiger partial charge >= 0.3 is 0 Å². The quantitative estimate of drug-likeness (QED) is 0.846. The van der Waals surface area contributed by atoms with E-state index in [1.807, 2.05) is 6.07 Å². The SMILES string of the molecule is O=C(N[C@@H]1CN(C(=O)Cc2cccc(F)c2)CC[C@@H]1CO)c1ccccc1. The van der Waals surface area contributed by atoms with E-state index in [1.165, 1.54) is 12.1 Å². The van der Waals surface area contributed by atoms with E-state index in [2.05, 4.69) is 5.32 Å². The zero-order valence-corrected chi connectivity index (χ0v) is 15.0. The number of benzene rings is 2. The van der Waals surface area contributed by atoms with E-state index in [4.69, 9.17) is 0 Å². The average molecular weight is 370 g/mol. The van der Waals surface area contributed by atoms with E-state index in [0.717, 1.165) is 0 Å². The number of piperidine rings is 1. The van der Waals surface area contributed by atoms with Crippen molar-refractivity contribution in [2.75, 3.05) is 19.7 Å². The van der Waals surface area contributed by atoms with Crippen LogP contribution in [0.15, 0.2) is 54.6 Å². The van der Waals surface area contributed by atoms with Gasteiger partial charge in [0.05, 0.1) is 12.5 Å². The van der Waals surface area contributed by atoms with Crippen LogP contribution < -0.4 is 5.32 Å². The van der Waals surface area contributed by atoms with Gasteiger partial charge < -0.3 is 15.3 Å². The van der Waals surface area contributed by atoms with Crippen LogP contribution in [0, 0.1) is 11.7 Å². The number of nitrogens with zero attached hydrogens (tertiary/aromatic N) is 1. The van der Waals surface area contributed by atoms with Crippen LogP contribution in [0.25, 0.3) is 0 Å². The topological polar surface area (TPSA) is 69.6 Å². The van der Waals surface area contributed by atoms with E-state index in [0.29, 0.717) is 30.6 Å². The molecule has 0 spiro atoms. The fraction of sp³-hybridized carbons (Fsp3) is 0.333. The van der Waals surface area contributed by atoms with Crippen LogP contribution in [0.4, 0.5) is 4.39 Å². The Morgan fingerprint density at radius 3 is 2.63 bits per heavy atom. The van der Waals surface area contributed by atoms with Crippen molar-refractivity contribution in [3.05, 3.63) is 71.5 Å². The first-order chi connectivity index (χ1) is 13.1. The second-order valence-corrected chi connectivity index (χ2v) is 6.82. The molecule has 0 aliphatic carbocycles. The van der Waals surface area contributed by atoms with Crippen LogP contribution in [-0.2, 0) is 11.2 Å². The first-order valence-electron chi connectivity index (χ1n) is 9.06. The van der Waals surface area contributed by atoms with E-state index in [9.17, 15) is 19.1 Å². The molecular formula is C21H23FN2O3. The van der Waals surface area contributed by atoms with Crippen LogP contribution in [0.3, 0.4) is 0 Å². The van der Waals surface area contributed by atoms with Crippen molar-refractivity contribution in [1.82, 2.24) is 10.2 Å². The molecule has 1 fully saturated rings. The second-order valence-electron chi connectivity index (χ2n) is 6.82. The van der Waals surface area contributed by atoms with E-state index < -0.39 is 0 Å². The molecule has 2 N–H and O–H groups in total. The second kappa shape index (κ2) is 8.77. The molecule has 1 saturated heterocycles. The molecule has 6 heteroatoms.